The first kappa shape index (κ1) is 11.5. The zero-order chi connectivity index (χ0) is 8.53. The van der Waals surface area contributed by atoms with E-state index < -0.39 is 0 Å². The summed E-state index contributed by atoms with van der Waals surface area (Å²) in [5.41, 5.74) is 0. The molecule has 0 saturated carbocycles. The first-order valence-electron chi connectivity index (χ1n) is 4.52. The highest BCUT2D eigenvalue weighted by atomic mass is 127. The van der Waals surface area contributed by atoms with Gasteiger partial charge in [0.2, 0.25) is 0 Å². The highest BCUT2D eigenvalue weighted by molar-refractivity contribution is 14.1. The van der Waals surface area contributed by atoms with Gasteiger partial charge in [0.1, 0.15) is 0 Å². The van der Waals surface area contributed by atoms with Crippen LogP contribution in [0.4, 0.5) is 0 Å². The molecule has 0 spiro atoms. The molecule has 1 heteroatoms. The van der Waals surface area contributed by atoms with Crippen molar-refractivity contribution in [3.8, 4) is 0 Å². The molecule has 11 heavy (non-hydrogen) atoms. The summed E-state index contributed by atoms with van der Waals surface area (Å²) in [7, 11) is 0. The lowest BCUT2D eigenvalue weighted by Gasteiger charge is -2.11. The van der Waals surface area contributed by atoms with E-state index in [0.717, 1.165) is 5.92 Å². The number of rotatable bonds is 7. The highest BCUT2D eigenvalue weighted by Crippen LogP contribution is 2.17. The van der Waals surface area contributed by atoms with Gasteiger partial charge in [-0.1, -0.05) is 42.0 Å². The second-order valence-corrected chi connectivity index (χ2v) is 3.91. The van der Waals surface area contributed by atoms with Crippen molar-refractivity contribution in [2.75, 3.05) is 4.43 Å². The van der Waals surface area contributed by atoms with E-state index in [4.69, 9.17) is 0 Å². The van der Waals surface area contributed by atoms with Gasteiger partial charge in [0.15, 0.2) is 0 Å². The van der Waals surface area contributed by atoms with Gasteiger partial charge >= 0.3 is 0 Å². The second kappa shape index (κ2) is 8.57. The third-order valence-electron chi connectivity index (χ3n) is 1.94. The predicted molar refractivity (Wildman–Crippen MR) is 61.3 cm³/mol. The summed E-state index contributed by atoms with van der Waals surface area (Å²) in [5, 5.41) is 0. The van der Waals surface area contributed by atoms with Crippen LogP contribution < -0.4 is 0 Å². The van der Waals surface area contributed by atoms with Crippen molar-refractivity contribution in [1.29, 1.82) is 0 Å². The molecule has 0 N–H and O–H groups in total. The molecule has 0 aromatic carbocycles. The van der Waals surface area contributed by atoms with E-state index in [1.165, 1.54) is 36.5 Å². The Balaban J connectivity index is 3.27. The third kappa shape index (κ3) is 6.85. The number of unbranched alkanes of at least 4 members (excludes halogenated alkanes) is 1. The van der Waals surface area contributed by atoms with E-state index in [2.05, 4.69) is 36.1 Å². The minimum Gasteiger partial charge on any atom is -0.103 e. The van der Waals surface area contributed by atoms with E-state index in [-0.39, 0.29) is 0 Å². The molecule has 0 heterocycles. The summed E-state index contributed by atoms with van der Waals surface area (Å²) >= 11 is 2.50. The van der Waals surface area contributed by atoms with Gasteiger partial charge in [-0.3, -0.25) is 0 Å². The normalized spacial score (nSPS) is 12.9. The van der Waals surface area contributed by atoms with Crippen LogP contribution in [-0.2, 0) is 0 Å². The minimum atomic E-state index is 0.959. The molecule has 0 amide bonds. The van der Waals surface area contributed by atoms with Crippen LogP contribution in [0.2, 0.25) is 0 Å². The Morgan fingerprint density at radius 3 is 2.64 bits per heavy atom. The van der Waals surface area contributed by atoms with Crippen LogP contribution in [-0.4, -0.2) is 4.43 Å². The van der Waals surface area contributed by atoms with Crippen molar-refractivity contribution in [2.45, 2.75) is 39.0 Å². The lowest BCUT2D eigenvalue weighted by molar-refractivity contribution is 0.485. The quantitative estimate of drug-likeness (QED) is 0.280. The molecule has 0 saturated heterocycles. The Hall–Kier alpha value is 0.470. The Labute approximate surface area is 84.6 Å². The molecule has 0 aliphatic carbocycles. The van der Waals surface area contributed by atoms with Crippen molar-refractivity contribution < 1.29 is 0 Å². The molecule has 0 rings (SSSR count). The maximum absolute atomic E-state index is 3.73. The zero-order valence-corrected chi connectivity index (χ0v) is 9.64. The molecule has 0 bridgehead atoms. The highest BCUT2D eigenvalue weighted by Gasteiger charge is 2.03. The van der Waals surface area contributed by atoms with Gasteiger partial charge in [0.05, 0.1) is 0 Å². The largest absolute Gasteiger partial charge is 0.103 e. The smallest absolute Gasteiger partial charge is 0.00237 e. The summed E-state index contributed by atoms with van der Waals surface area (Å²) in [6.45, 7) is 6.00. The van der Waals surface area contributed by atoms with Crippen LogP contribution in [0.5, 0.6) is 0 Å². The van der Waals surface area contributed by atoms with Crippen LogP contribution >= 0.6 is 22.6 Å². The van der Waals surface area contributed by atoms with E-state index >= 15 is 0 Å². The van der Waals surface area contributed by atoms with Crippen molar-refractivity contribution in [3.63, 3.8) is 0 Å². The summed E-state index contributed by atoms with van der Waals surface area (Å²) in [6, 6.07) is 0. The molecule has 1 unspecified atom stereocenters. The molecule has 0 aromatic rings. The Bertz CT molecular complexity index is 88.9. The first-order chi connectivity index (χ1) is 5.35. The van der Waals surface area contributed by atoms with Gasteiger partial charge in [-0.2, -0.15) is 0 Å². The topological polar surface area (TPSA) is 0 Å². The fourth-order valence-corrected chi connectivity index (χ4v) is 2.14. The summed E-state index contributed by atoms with van der Waals surface area (Å²) in [6.07, 6.45) is 8.68. The van der Waals surface area contributed by atoms with Crippen LogP contribution in [0.3, 0.4) is 0 Å². The number of halogens is 1. The van der Waals surface area contributed by atoms with E-state index in [0.29, 0.717) is 0 Å². The second-order valence-electron chi connectivity index (χ2n) is 3.03. The van der Waals surface area contributed by atoms with Crippen LogP contribution in [0.15, 0.2) is 12.7 Å². The van der Waals surface area contributed by atoms with Crippen molar-refractivity contribution in [2.24, 2.45) is 5.92 Å². The minimum absolute atomic E-state index is 0.959. The fraction of sp³-hybridized carbons (Fsp3) is 0.800. The monoisotopic (exact) mass is 266 g/mol. The maximum atomic E-state index is 3.73. The summed E-state index contributed by atoms with van der Waals surface area (Å²) in [4.78, 5) is 0. The average molecular weight is 266 g/mol. The number of allylic oxidation sites excluding steroid dienone is 1. The number of hydrogen-bond acceptors (Lipinski definition) is 0. The van der Waals surface area contributed by atoms with Crippen LogP contribution in [0.1, 0.15) is 39.0 Å². The van der Waals surface area contributed by atoms with Gasteiger partial charge in [-0.05, 0) is 31.6 Å². The van der Waals surface area contributed by atoms with Gasteiger partial charge in [0, 0.05) is 4.43 Å². The number of alkyl halides is 1. The molecular formula is C10H19I. The molecule has 0 aromatic heterocycles. The predicted octanol–water partition coefficient (Wildman–Crippen LogP) is 4.19. The van der Waals surface area contributed by atoms with Crippen molar-refractivity contribution in [1.82, 2.24) is 0 Å². The van der Waals surface area contributed by atoms with E-state index in [1.807, 2.05) is 6.08 Å². The molecule has 1 atom stereocenters. The molecule has 0 nitrogen and oxygen atoms in total. The molecule has 0 aliphatic rings. The van der Waals surface area contributed by atoms with Gasteiger partial charge in [-0.15, -0.1) is 6.58 Å². The standard InChI is InChI=1S/C10H19I/c1-3-5-6-8-10(9-11)7-4-2/h3,10H,1,4-9H2,2H3. The lowest BCUT2D eigenvalue weighted by Crippen LogP contribution is -2.00. The first-order valence-corrected chi connectivity index (χ1v) is 6.04. The fourth-order valence-electron chi connectivity index (χ4n) is 1.26. The molecule has 66 valence electrons. The van der Waals surface area contributed by atoms with E-state index in [1.54, 1.807) is 0 Å². The van der Waals surface area contributed by atoms with Crippen molar-refractivity contribution >= 4 is 22.6 Å². The van der Waals surface area contributed by atoms with Crippen LogP contribution in [0, 0.1) is 5.92 Å². The van der Waals surface area contributed by atoms with E-state index in [9.17, 15) is 0 Å². The van der Waals surface area contributed by atoms with Crippen LogP contribution in [0.25, 0.3) is 0 Å². The molecule has 0 aliphatic heterocycles. The Kier molecular flexibility index (Phi) is 8.93. The van der Waals surface area contributed by atoms with Gasteiger partial charge < -0.3 is 0 Å². The zero-order valence-electron chi connectivity index (χ0n) is 7.48. The maximum Gasteiger partial charge on any atom is 0.00237 e. The Morgan fingerprint density at radius 2 is 2.18 bits per heavy atom. The number of hydrogen-bond donors (Lipinski definition) is 0. The Morgan fingerprint density at radius 1 is 1.45 bits per heavy atom. The molecular weight excluding hydrogens is 247 g/mol. The summed E-state index contributed by atoms with van der Waals surface area (Å²) < 4.78 is 1.32. The molecule has 0 fully saturated rings. The van der Waals surface area contributed by atoms with Gasteiger partial charge in [-0.25, -0.2) is 0 Å². The SMILES string of the molecule is C=CCCCC(CI)CCC. The lowest BCUT2D eigenvalue weighted by atomic mass is 9.99. The van der Waals surface area contributed by atoms with Gasteiger partial charge in [0.25, 0.3) is 0 Å². The summed E-state index contributed by atoms with van der Waals surface area (Å²) in [5.74, 6) is 0.959. The van der Waals surface area contributed by atoms with Crippen molar-refractivity contribution in [3.05, 3.63) is 12.7 Å². The third-order valence-corrected chi connectivity index (χ3v) is 3.18. The average Bonchev–Trinajstić information content (AvgIpc) is 2.03. The molecule has 0 radical (unpaired) electrons.